The first kappa shape index (κ1) is 21.4. The first-order chi connectivity index (χ1) is 14.8. The van der Waals surface area contributed by atoms with Crippen molar-refractivity contribution >= 4 is 27.5 Å². The second-order valence-corrected chi connectivity index (χ2v) is 9.82. The summed E-state index contributed by atoms with van der Waals surface area (Å²) in [7, 11) is -2.54. The van der Waals surface area contributed by atoms with Crippen LogP contribution in [0.2, 0.25) is 0 Å². The Hall–Kier alpha value is -2.87. The first-order valence-electron chi connectivity index (χ1n) is 10.4. The molecule has 4 rings (SSSR count). The third kappa shape index (κ3) is 4.04. The first-order valence-corrected chi connectivity index (χ1v) is 11.9. The molecule has 2 aromatic carbocycles. The molecule has 1 heterocycles. The zero-order valence-electron chi connectivity index (χ0n) is 17.6. The van der Waals surface area contributed by atoms with E-state index in [9.17, 15) is 18.0 Å². The summed E-state index contributed by atoms with van der Waals surface area (Å²) < 4.78 is 34.1. The fourth-order valence-corrected chi connectivity index (χ4v) is 5.84. The van der Waals surface area contributed by atoms with E-state index in [1.807, 2.05) is 19.1 Å². The number of hydrogen-bond acceptors (Lipinski definition) is 5. The van der Waals surface area contributed by atoms with Crippen LogP contribution in [0.3, 0.4) is 0 Å². The lowest BCUT2D eigenvalue weighted by Gasteiger charge is -2.19. The van der Waals surface area contributed by atoms with Gasteiger partial charge in [0.05, 0.1) is 31.2 Å². The normalized spacial score (nSPS) is 21.2. The van der Waals surface area contributed by atoms with Gasteiger partial charge < -0.3 is 4.74 Å². The molecule has 1 N–H and O–H groups in total. The van der Waals surface area contributed by atoms with Gasteiger partial charge in [0.15, 0.2) is 0 Å². The SMILES string of the molecule is COc1ccc(CN2C(=O)[C@H]3CCCC[C@@H]3C2=O)cc1S(=O)(=O)Nc1ccccc1C. The smallest absolute Gasteiger partial charge is 0.265 e. The molecule has 1 aliphatic carbocycles. The second kappa shape index (κ2) is 8.34. The number of sulfonamides is 1. The van der Waals surface area contributed by atoms with Gasteiger partial charge in [0, 0.05) is 0 Å². The van der Waals surface area contributed by atoms with Crippen LogP contribution in [0.15, 0.2) is 47.4 Å². The Bertz CT molecular complexity index is 1100. The molecular weight excluding hydrogens is 416 g/mol. The lowest BCUT2D eigenvalue weighted by atomic mass is 9.81. The van der Waals surface area contributed by atoms with Crippen molar-refractivity contribution in [2.75, 3.05) is 11.8 Å². The van der Waals surface area contributed by atoms with Crippen molar-refractivity contribution in [2.24, 2.45) is 11.8 Å². The maximum Gasteiger partial charge on any atom is 0.265 e. The van der Waals surface area contributed by atoms with Gasteiger partial charge in [-0.2, -0.15) is 0 Å². The molecule has 2 fully saturated rings. The maximum atomic E-state index is 13.1. The minimum absolute atomic E-state index is 0.0349. The van der Waals surface area contributed by atoms with E-state index < -0.39 is 10.0 Å². The standard InChI is InChI=1S/C23H26N2O5S/c1-15-7-3-6-10-19(15)24-31(28,29)21-13-16(11-12-20(21)30-2)14-25-22(26)17-8-4-5-9-18(17)23(25)27/h3,6-7,10-13,17-18,24H,4-5,8-9,14H2,1-2H3/t17-,18-/m0/s1. The Morgan fingerprint density at radius 1 is 1.03 bits per heavy atom. The molecule has 0 spiro atoms. The van der Waals surface area contributed by atoms with E-state index in [1.165, 1.54) is 18.1 Å². The summed E-state index contributed by atoms with van der Waals surface area (Å²) in [5.74, 6) is -0.561. The lowest BCUT2D eigenvalue weighted by molar-refractivity contribution is -0.140. The van der Waals surface area contributed by atoms with E-state index in [0.29, 0.717) is 11.3 Å². The predicted molar refractivity (Wildman–Crippen MR) is 116 cm³/mol. The van der Waals surface area contributed by atoms with Crippen LogP contribution in [0.25, 0.3) is 0 Å². The minimum Gasteiger partial charge on any atom is -0.495 e. The molecule has 2 aromatic rings. The van der Waals surface area contributed by atoms with E-state index >= 15 is 0 Å². The van der Waals surface area contributed by atoms with Crippen molar-refractivity contribution in [3.63, 3.8) is 0 Å². The molecule has 1 aliphatic heterocycles. The molecular formula is C23H26N2O5S. The Morgan fingerprint density at radius 3 is 2.29 bits per heavy atom. The van der Waals surface area contributed by atoms with Crippen molar-refractivity contribution in [3.05, 3.63) is 53.6 Å². The summed E-state index contributed by atoms with van der Waals surface area (Å²) in [6, 6.07) is 11.8. The molecule has 0 bridgehead atoms. The van der Waals surface area contributed by atoms with Crippen LogP contribution in [0.4, 0.5) is 5.69 Å². The number of carbonyl (C=O) groups is 2. The number of methoxy groups -OCH3 is 1. The van der Waals surface area contributed by atoms with E-state index in [0.717, 1.165) is 31.2 Å². The fourth-order valence-electron chi connectivity index (χ4n) is 4.49. The zero-order valence-corrected chi connectivity index (χ0v) is 18.4. The van der Waals surface area contributed by atoms with Crippen molar-refractivity contribution in [2.45, 2.75) is 44.0 Å². The predicted octanol–water partition coefficient (Wildman–Crippen LogP) is 3.48. The quantitative estimate of drug-likeness (QED) is 0.692. The number of para-hydroxylation sites is 1. The van der Waals surface area contributed by atoms with Crippen molar-refractivity contribution < 1.29 is 22.7 Å². The van der Waals surface area contributed by atoms with Gasteiger partial charge in [0.25, 0.3) is 10.0 Å². The highest BCUT2D eigenvalue weighted by atomic mass is 32.2. The third-order valence-corrected chi connectivity index (χ3v) is 7.57. The summed E-state index contributed by atoms with van der Waals surface area (Å²) in [6.07, 6.45) is 3.41. The van der Waals surface area contributed by atoms with Gasteiger partial charge in [-0.3, -0.25) is 19.2 Å². The number of aryl methyl sites for hydroxylation is 1. The van der Waals surface area contributed by atoms with E-state index in [1.54, 1.807) is 24.3 Å². The molecule has 1 saturated carbocycles. The molecule has 0 unspecified atom stereocenters. The number of anilines is 1. The number of fused-ring (bicyclic) bond motifs is 1. The molecule has 2 atom stereocenters. The monoisotopic (exact) mass is 442 g/mol. The Kier molecular flexibility index (Phi) is 5.75. The van der Waals surface area contributed by atoms with Gasteiger partial charge in [0.1, 0.15) is 10.6 Å². The maximum absolute atomic E-state index is 13.1. The van der Waals surface area contributed by atoms with E-state index in [4.69, 9.17) is 4.74 Å². The number of likely N-dealkylation sites (tertiary alicyclic amines) is 1. The summed E-state index contributed by atoms with van der Waals surface area (Å²) in [5.41, 5.74) is 1.83. The van der Waals surface area contributed by atoms with Crippen LogP contribution in [-0.2, 0) is 26.2 Å². The van der Waals surface area contributed by atoms with Crippen molar-refractivity contribution in [3.8, 4) is 5.75 Å². The highest BCUT2D eigenvalue weighted by molar-refractivity contribution is 7.92. The molecule has 164 valence electrons. The Morgan fingerprint density at radius 2 is 1.68 bits per heavy atom. The summed E-state index contributed by atoms with van der Waals surface area (Å²) in [4.78, 5) is 26.8. The topological polar surface area (TPSA) is 92.8 Å². The Labute approximate surface area is 182 Å². The number of imide groups is 1. The molecule has 2 amide bonds. The van der Waals surface area contributed by atoms with Gasteiger partial charge in [0.2, 0.25) is 11.8 Å². The number of carbonyl (C=O) groups excluding carboxylic acids is 2. The van der Waals surface area contributed by atoms with E-state index in [-0.39, 0.29) is 40.8 Å². The second-order valence-electron chi connectivity index (χ2n) is 8.17. The van der Waals surface area contributed by atoms with Crippen LogP contribution in [0.1, 0.15) is 36.8 Å². The van der Waals surface area contributed by atoms with Crippen molar-refractivity contribution in [1.29, 1.82) is 0 Å². The number of nitrogens with one attached hydrogen (secondary N) is 1. The van der Waals surface area contributed by atoms with Crippen LogP contribution >= 0.6 is 0 Å². The highest BCUT2D eigenvalue weighted by Crippen LogP contribution is 2.39. The molecule has 1 saturated heterocycles. The molecule has 7 nitrogen and oxygen atoms in total. The van der Waals surface area contributed by atoms with Gasteiger partial charge in [-0.25, -0.2) is 8.42 Å². The summed E-state index contributed by atoms with van der Waals surface area (Å²) in [5, 5.41) is 0. The van der Waals surface area contributed by atoms with Crippen LogP contribution in [0.5, 0.6) is 5.75 Å². The van der Waals surface area contributed by atoms with E-state index in [2.05, 4.69) is 4.72 Å². The Balaban J connectivity index is 1.63. The number of amides is 2. The number of nitrogens with zero attached hydrogens (tertiary/aromatic N) is 1. The molecule has 2 aliphatic rings. The average molecular weight is 443 g/mol. The molecule has 31 heavy (non-hydrogen) atoms. The van der Waals surface area contributed by atoms with Crippen LogP contribution in [0, 0.1) is 18.8 Å². The van der Waals surface area contributed by atoms with Gasteiger partial charge in [-0.1, -0.05) is 37.1 Å². The van der Waals surface area contributed by atoms with Crippen LogP contribution < -0.4 is 9.46 Å². The average Bonchev–Trinajstić information content (AvgIpc) is 3.00. The van der Waals surface area contributed by atoms with Gasteiger partial charge in [-0.05, 0) is 49.1 Å². The number of rotatable bonds is 6. The summed E-state index contributed by atoms with van der Waals surface area (Å²) in [6.45, 7) is 1.87. The lowest BCUT2D eigenvalue weighted by Crippen LogP contribution is -2.30. The molecule has 8 heteroatoms. The van der Waals surface area contributed by atoms with Crippen molar-refractivity contribution in [1.82, 2.24) is 4.90 Å². The largest absolute Gasteiger partial charge is 0.495 e. The zero-order chi connectivity index (χ0) is 22.2. The number of hydrogen-bond donors (Lipinski definition) is 1. The van der Waals surface area contributed by atoms with Crippen LogP contribution in [-0.4, -0.2) is 32.2 Å². The third-order valence-electron chi connectivity index (χ3n) is 6.18. The van der Waals surface area contributed by atoms with Gasteiger partial charge >= 0.3 is 0 Å². The molecule has 0 radical (unpaired) electrons. The fraction of sp³-hybridized carbons (Fsp3) is 0.391. The number of benzene rings is 2. The minimum atomic E-state index is -3.95. The summed E-state index contributed by atoms with van der Waals surface area (Å²) >= 11 is 0. The highest BCUT2D eigenvalue weighted by Gasteiger charge is 2.47. The van der Waals surface area contributed by atoms with Gasteiger partial charge in [-0.15, -0.1) is 0 Å². The number of ether oxygens (including phenoxy) is 1. The molecule has 0 aromatic heterocycles.